The molecule has 13 nitrogen and oxygen atoms in total. The lowest BCUT2D eigenvalue weighted by atomic mass is 10.1. The molecule has 0 radical (unpaired) electrons. The van der Waals surface area contributed by atoms with Gasteiger partial charge in [-0.3, -0.25) is 28.5 Å². The Morgan fingerprint density at radius 3 is 2.58 bits per heavy atom. The third kappa shape index (κ3) is 6.80. The predicted octanol–water partition coefficient (Wildman–Crippen LogP) is 3.85. The molecule has 3 heterocycles. The molecule has 5 atom stereocenters. The van der Waals surface area contributed by atoms with E-state index < -0.39 is 49.4 Å². The van der Waals surface area contributed by atoms with Crippen molar-refractivity contribution in [2.24, 2.45) is 5.92 Å². The molecule has 1 aliphatic rings. The van der Waals surface area contributed by atoms with E-state index in [1.54, 1.807) is 38.1 Å². The van der Waals surface area contributed by atoms with Gasteiger partial charge in [0.25, 0.3) is 5.56 Å². The zero-order valence-corrected chi connectivity index (χ0v) is 24.9. The molecule has 5 unspecified atom stereocenters. The van der Waals surface area contributed by atoms with Crippen LogP contribution in [0.3, 0.4) is 0 Å². The second kappa shape index (κ2) is 12.3. The maximum absolute atomic E-state index is 14.1. The molecule has 2 N–H and O–H groups in total. The lowest BCUT2D eigenvalue weighted by Crippen LogP contribution is -2.36. The highest BCUT2D eigenvalue weighted by atomic mass is 31.2. The Labute approximate surface area is 245 Å². The first-order valence-corrected chi connectivity index (χ1v) is 15.3. The molecule has 5 rings (SSSR count). The van der Waals surface area contributed by atoms with Crippen molar-refractivity contribution in [1.29, 1.82) is 0 Å². The summed E-state index contributed by atoms with van der Waals surface area (Å²) in [5.74, 6) is -0.787. The largest absolute Gasteiger partial charge is 0.462 e. The van der Waals surface area contributed by atoms with Crippen molar-refractivity contribution in [3.63, 3.8) is 0 Å². The van der Waals surface area contributed by atoms with Crippen molar-refractivity contribution in [3.8, 4) is 5.75 Å². The molecule has 4 aromatic rings. The average Bonchev–Trinajstić information content (AvgIpc) is 3.32. The van der Waals surface area contributed by atoms with Crippen LogP contribution in [0.4, 0.5) is 0 Å². The van der Waals surface area contributed by atoms with E-state index in [4.69, 9.17) is 22.9 Å². The standard InChI is InChI=1S/C29H32N3O10P/c1-16(2)39-28(35)18(4)31-43(37,38-15-20-13-17(3)27(40-20)32-12-11-25(33)30-29(32)36)42-19-9-10-24-22(14-19)26(34)21-7-5-6-8-23(21)41-24/h5-12,14,16-18,20,27H,13,15H2,1-4H3,(H,31,37)(H,30,33,36). The molecule has 14 heteroatoms. The maximum atomic E-state index is 14.1. The predicted molar refractivity (Wildman–Crippen MR) is 157 cm³/mol. The van der Waals surface area contributed by atoms with Crippen LogP contribution in [0.1, 0.15) is 40.3 Å². The summed E-state index contributed by atoms with van der Waals surface area (Å²) in [6.07, 6.45) is 0.0776. The lowest BCUT2D eigenvalue weighted by molar-refractivity contribution is -0.149. The number of aromatic amines is 1. The SMILES string of the molecule is CC(C)OC(=O)C(C)NP(=O)(OCC1CC(C)C(n2ccc(=O)[nH]c2=O)O1)Oc1ccc2oc3ccccc3c(=O)c2c1. The van der Waals surface area contributed by atoms with E-state index in [0.717, 1.165) is 0 Å². The van der Waals surface area contributed by atoms with Gasteiger partial charge in [-0.05, 0) is 57.5 Å². The quantitative estimate of drug-likeness (QED) is 0.151. The van der Waals surface area contributed by atoms with Crippen LogP contribution in [0, 0.1) is 5.92 Å². The molecule has 1 fully saturated rings. The smallest absolute Gasteiger partial charge is 0.459 e. The van der Waals surface area contributed by atoms with Crippen LogP contribution in [0.25, 0.3) is 21.9 Å². The summed E-state index contributed by atoms with van der Waals surface area (Å²) in [5.41, 5.74) is -0.703. The number of aromatic nitrogens is 2. The molecule has 0 bridgehead atoms. The van der Waals surface area contributed by atoms with Crippen molar-refractivity contribution in [2.45, 2.75) is 58.6 Å². The Bertz CT molecular complexity index is 1880. The molecule has 0 amide bonds. The fourth-order valence-electron chi connectivity index (χ4n) is 4.87. The highest BCUT2D eigenvalue weighted by Gasteiger charge is 2.38. The Morgan fingerprint density at radius 1 is 1.09 bits per heavy atom. The molecule has 0 aliphatic carbocycles. The highest BCUT2D eigenvalue weighted by Crippen LogP contribution is 2.46. The molecule has 0 spiro atoms. The molecule has 2 aromatic carbocycles. The van der Waals surface area contributed by atoms with Crippen molar-refractivity contribution in [3.05, 3.63) is 85.8 Å². The number of esters is 1. The summed E-state index contributed by atoms with van der Waals surface area (Å²) in [6.45, 7) is 6.47. The Kier molecular flexibility index (Phi) is 8.70. The van der Waals surface area contributed by atoms with Crippen LogP contribution in [0.5, 0.6) is 5.75 Å². The monoisotopic (exact) mass is 613 g/mol. The minimum absolute atomic E-state index is 0.0359. The number of nitrogens with zero attached hydrogens (tertiary/aromatic N) is 1. The fraction of sp³-hybridized carbons (Fsp3) is 0.379. The van der Waals surface area contributed by atoms with E-state index in [2.05, 4.69) is 10.1 Å². The van der Waals surface area contributed by atoms with Crippen molar-refractivity contribution in [1.82, 2.24) is 14.6 Å². The summed E-state index contributed by atoms with van der Waals surface area (Å²) in [4.78, 5) is 51.6. The van der Waals surface area contributed by atoms with Gasteiger partial charge < -0.3 is 18.4 Å². The van der Waals surface area contributed by atoms with Crippen LogP contribution < -0.4 is 26.3 Å². The summed E-state index contributed by atoms with van der Waals surface area (Å²) < 4.78 is 44.0. The minimum Gasteiger partial charge on any atom is -0.462 e. The minimum atomic E-state index is -4.30. The van der Waals surface area contributed by atoms with Gasteiger partial charge in [0.2, 0.25) is 5.43 Å². The number of hydrogen-bond donors (Lipinski definition) is 2. The van der Waals surface area contributed by atoms with Gasteiger partial charge in [-0.15, -0.1) is 0 Å². The van der Waals surface area contributed by atoms with E-state index >= 15 is 0 Å². The topological polar surface area (TPSA) is 168 Å². The number of ether oxygens (including phenoxy) is 2. The average molecular weight is 614 g/mol. The van der Waals surface area contributed by atoms with E-state index in [1.165, 1.54) is 42.0 Å². The van der Waals surface area contributed by atoms with Gasteiger partial charge in [-0.25, -0.2) is 9.36 Å². The first kappa shape index (κ1) is 30.4. The lowest BCUT2D eigenvalue weighted by Gasteiger charge is -2.24. The summed E-state index contributed by atoms with van der Waals surface area (Å²) >= 11 is 0. The summed E-state index contributed by atoms with van der Waals surface area (Å²) in [6, 6.07) is 11.3. The Balaban J connectivity index is 1.39. The van der Waals surface area contributed by atoms with Crippen molar-refractivity contribution < 1.29 is 32.3 Å². The number of carbonyl (C=O) groups is 1. The van der Waals surface area contributed by atoms with Crippen LogP contribution in [0.2, 0.25) is 0 Å². The van der Waals surface area contributed by atoms with Gasteiger partial charge in [0.1, 0.15) is 29.2 Å². The third-order valence-corrected chi connectivity index (χ3v) is 8.48. The molecular weight excluding hydrogens is 581 g/mol. The van der Waals surface area contributed by atoms with E-state index in [9.17, 15) is 23.7 Å². The van der Waals surface area contributed by atoms with E-state index in [1.807, 2.05) is 6.92 Å². The third-order valence-electron chi connectivity index (χ3n) is 6.84. The highest BCUT2D eigenvalue weighted by molar-refractivity contribution is 7.52. The maximum Gasteiger partial charge on any atom is 0.459 e. The van der Waals surface area contributed by atoms with Crippen LogP contribution in [-0.4, -0.2) is 40.4 Å². The zero-order chi connectivity index (χ0) is 30.9. The number of nitrogens with one attached hydrogen (secondary N) is 2. The van der Waals surface area contributed by atoms with Gasteiger partial charge in [0.05, 0.1) is 29.6 Å². The first-order chi connectivity index (χ1) is 20.4. The Morgan fingerprint density at radius 2 is 1.84 bits per heavy atom. The van der Waals surface area contributed by atoms with Gasteiger partial charge in [0, 0.05) is 18.2 Å². The van der Waals surface area contributed by atoms with Gasteiger partial charge in [-0.2, -0.15) is 5.09 Å². The number of H-pyrrole nitrogens is 1. The fourth-order valence-corrected chi connectivity index (χ4v) is 6.38. The molecular formula is C29H32N3O10P. The Hall–Kier alpha value is -4.03. The summed E-state index contributed by atoms with van der Waals surface area (Å²) in [5, 5.41) is 3.20. The van der Waals surface area contributed by atoms with E-state index in [-0.39, 0.29) is 29.1 Å². The normalized spacial score (nSPS) is 20.7. The van der Waals surface area contributed by atoms with Crippen LogP contribution in [-0.2, 0) is 23.4 Å². The molecule has 43 heavy (non-hydrogen) atoms. The number of fused-ring (bicyclic) bond motifs is 2. The van der Waals surface area contributed by atoms with Crippen molar-refractivity contribution >= 4 is 35.7 Å². The van der Waals surface area contributed by atoms with Crippen LogP contribution >= 0.6 is 7.75 Å². The zero-order valence-electron chi connectivity index (χ0n) is 24.0. The van der Waals surface area contributed by atoms with E-state index in [0.29, 0.717) is 23.0 Å². The molecule has 1 aliphatic heterocycles. The number of carbonyl (C=O) groups excluding carboxylic acids is 1. The molecule has 1 saturated heterocycles. The number of benzene rings is 2. The van der Waals surface area contributed by atoms with Gasteiger partial charge in [0.15, 0.2) is 0 Å². The first-order valence-electron chi connectivity index (χ1n) is 13.8. The van der Waals surface area contributed by atoms with Crippen molar-refractivity contribution in [2.75, 3.05) is 6.61 Å². The van der Waals surface area contributed by atoms with Crippen LogP contribution in [0.15, 0.2) is 73.5 Å². The second-order valence-corrected chi connectivity index (χ2v) is 12.4. The van der Waals surface area contributed by atoms with Gasteiger partial charge in [-0.1, -0.05) is 19.1 Å². The molecule has 228 valence electrons. The number of rotatable bonds is 10. The molecule has 0 saturated carbocycles. The van der Waals surface area contributed by atoms with Gasteiger partial charge >= 0.3 is 19.4 Å². The summed E-state index contributed by atoms with van der Waals surface area (Å²) in [7, 11) is -4.30. The number of para-hydroxylation sites is 1. The second-order valence-electron chi connectivity index (χ2n) is 10.7. The molecule has 2 aromatic heterocycles. The number of hydrogen-bond acceptors (Lipinski definition) is 10.